The van der Waals surface area contributed by atoms with Gasteiger partial charge in [-0.3, -0.25) is 9.78 Å². The van der Waals surface area contributed by atoms with Crippen LogP contribution in [0.4, 0.5) is 0 Å². The number of nitrogens with zero attached hydrogens (tertiary/aromatic N) is 2. The summed E-state index contributed by atoms with van der Waals surface area (Å²) in [6.45, 7) is 0.800. The molecule has 1 amide bonds. The smallest absolute Gasteiger partial charge is 0.235 e. The number of carbonyl (C=O) groups excluding carboxylic acids is 1. The second-order valence-electron chi connectivity index (χ2n) is 7.08. The van der Waals surface area contributed by atoms with Gasteiger partial charge in [-0.05, 0) is 42.0 Å². The Morgan fingerprint density at radius 3 is 2.15 bits per heavy atom. The van der Waals surface area contributed by atoms with Crippen molar-refractivity contribution < 1.29 is 4.79 Å². The number of carbonyl (C=O) groups is 1. The molecule has 3 heteroatoms. The lowest BCUT2D eigenvalue weighted by atomic mass is 9.87. The largest absolute Gasteiger partial charge is 0.335 e. The van der Waals surface area contributed by atoms with Crippen LogP contribution in [0.5, 0.6) is 0 Å². The van der Waals surface area contributed by atoms with Crippen LogP contribution in [0.25, 0.3) is 0 Å². The van der Waals surface area contributed by atoms with Gasteiger partial charge in [-0.1, -0.05) is 66.7 Å². The average Bonchev–Trinajstić information content (AvgIpc) is 2.76. The van der Waals surface area contributed by atoms with Crippen molar-refractivity contribution in [2.45, 2.75) is 31.2 Å². The first kappa shape index (κ1) is 17.5. The molecule has 0 spiro atoms. The van der Waals surface area contributed by atoms with E-state index in [9.17, 15) is 4.79 Å². The molecular weight excluding hydrogens is 332 g/mol. The first-order valence-corrected chi connectivity index (χ1v) is 9.65. The molecule has 1 aliphatic heterocycles. The van der Waals surface area contributed by atoms with E-state index in [1.165, 1.54) is 0 Å². The molecule has 1 saturated heterocycles. The molecule has 3 nitrogen and oxygen atoms in total. The lowest BCUT2D eigenvalue weighted by molar-refractivity contribution is -0.135. The lowest BCUT2D eigenvalue weighted by Gasteiger charge is -2.38. The molecule has 3 aromatic rings. The molecule has 1 aromatic heterocycles. The Hall–Kier alpha value is -2.94. The molecule has 27 heavy (non-hydrogen) atoms. The highest BCUT2D eigenvalue weighted by Crippen LogP contribution is 2.35. The summed E-state index contributed by atoms with van der Waals surface area (Å²) in [6.07, 6.45) is 6.88. The van der Waals surface area contributed by atoms with Crippen LogP contribution in [-0.2, 0) is 4.79 Å². The highest BCUT2D eigenvalue weighted by molar-refractivity contribution is 5.87. The second-order valence-corrected chi connectivity index (χ2v) is 7.08. The van der Waals surface area contributed by atoms with E-state index in [1.807, 2.05) is 48.7 Å². The van der Waals surface area contributed by atoms with Crippen molar-refractivity contribution in [3.8, 4) is 0 Å². The summed E-state index contributed by atoms with van der Waals surface area (Å²) in [7, 11) is 0. The van der Waals surface area contributed by atoms with Gasteiger partial charge in [0.05, 0.1) is 12.0 Å². The van der Waals surface area contributed by atoms with E-state index in [1.54, 1.807) is 6.20 Å². The molecule has 0 bridgehead atoms. The van der Waals surface area contributed by atoms with E-state index in [0.29, 0.717) is 0 Å². The third-order valence-corrected chi connectivity index (χ3v) is 5.37. The van der Waals surface area contributed by atoms with Crippen LogP contribution in [0, 0.1) is 0 Å². The number of aromatic nitrogens is 1. The van der Waals surface area contributed by atoms with E-state index in [4.69, 9.17) is 0 Å². The molecular formula is C24H24N2O. The van der Waals surface area contributed by atoms with E-state index in [2.05, 4.69) is 40.2 Å². The number of benzene rings is 2. The van der Waals surface area contributed by atoms with Gasteiger partial charge in [0.1, 0.15) is 0 Å². The van der Waals surface area contributed by atoms with E-state index < -0.39 is 0 Å². The summed E-state index contributed by atoms with van der Waals surface area (Å²) in [6, 6.07) is 24.4. The first-order valence-electron chi connectivity index (χ1n) is 9.65. The summed E-state index contributed by atoms with van der Waals surface area (Å²) in [5.74, 6) is -0.0920. The zero-order valence-corrected chi connectivity index (χ0v) is 15.4. The van der Waals surface area contributed by atoms with Crippen molar-refractivity contribution >= 4 is 5.91 Å². The summed E-state index contributed by atoms with van der Waals surface area (Å²) < 4.78 is 0. The predicted molar refractivity (Wildman–Crippen MR) is 107 cm³/mol. The number of rotatable bonds is 4. The van der Waals surface area contributed by atoms with Gasteiger partial charge in [0.15, 0.2) is 0 Å². The fraction of sp³-hybridized carbons (Fsp3) is 0.250. The van der Waals surface area contributed by atoms with Gasteiger partial charge in [0.25, 0.3) is 0 Å². The van der Waals surface area contributed by atoms with Crippen LogP contribution >= 0.6 is 0 Å². The van der Waals surface area contributed by atoms with Crippen molar-refractivity contribution in [2.24, 2.45) is 0 Å². The second kappa shape index (κ2) is 8.17. The fourth-order valence-corrected chi connectivity index (χ4v) is 4.05. The van der Waals surface area contributed by atoms with Crippen molar-refractivity contribution in [3.05, 3.63) is 102 Å². The molecule has 1 aliphatic rings. The maximum atomic E-state index is 13.8. The Labute approximate surface area is 160 Å². The fourth-order valence-electron chi connectivity index (χ4n) is 4.05. The van der Waals surface area contributed by atoms with Crippen molar-refractivity contribution in [2.75, 3.05) is 6.54 Å². The maximum Gasteiger partial charge on any atom is 0.235 e. The number of amides is 1. The molecule has 0 radical (unpaired) electrons. The lowest BCUT2D eigenvalue weighted by Crippen LogP contribution is -2.41. The minimum absolute atomic E-state index is 0.106. The quantitative estimate of drug-likeness (QED) is 0.661. The normalized spacial score (nSPS) is 17.1. The number of hydrogen-bond donors (Lipinski definition) is 0. The Kier molecular flexibility index (Phi) is 5.29. The third kappa shape index (κ3) is 3.77. The van der Waals surface area contributed by atoms with Crippen molar-refractivity contribution in [1.29, 1.82) is 0 Å². The summed E-state index contributed by atoms with van der Waals surface area (Å²) in [4.78, 5) is 20.1. The predicted octanol–water partition coefficient (Wildman–Crippen LogP) is 4.97. The minimum atomic E-state index is -0.273. The van der Waals surface area contributed by atoms with E-state index >= 15 is 0 Å². The molecule has 1 atom stereocenters. The van der Waals surface area contributed by atoms with Gasteiger partial charge >= 0.3 is 0 Å². The number of piperidine rings is 1. The Morgan fingerprint density at radius 1 is 0.889 bits per heavy atom. The van der Waals surface area contributed by atoms with Gasteiger partial charge in [-0.15, -0.1) is 0 Å². The standard InChI is InChI=1S/C24H24N2O/c27-24(26-17-8-7-15-22(26)21-14-9-16-25-18-21)23(19-10-3-1-4-11-19)20-12-5-2-6-13-20/h1-6,9-14,16,18,22-23H,7-8,15,17H2/t22-/m1/s1. The van der Waals surface area contributed by atoms with Gasteiger partial charge < -0.3 is 4.90 Å². The highest BCUT2D eigenvalue weighted by atomic mass is 16.2. The van der Waals surface area contributed by atoms with E-state index in [-0.39, 0.29) is 17.9 Å². The molecule has 2 aromatic carbocycles. The number of hydrogen-bond acceptors (Lipinski definition) is 2. The summed E-state index contributed by atoms with van der Waals surface area (Å²) >= 11 is 0. The van der Waals surface area contributed by atoms with Crippen LogP contribution in [0.2, 0.25) is 0 Å². The SMILES string of the molecule is O=C(C(c1ccccc1)c1ccccc1)N1CCCC[C@@H]1c1cccnc1. The van der Waals surface area contributed by atoms with Crippen LogP contribution in [-0.4, -0.2) is 22.3 Å². The molecule has 0 N–H and O–H groups in total. The summed E-state index contributed by atoms with van der Waals surface area (Å²) in [5.41, 5.74) is 3.22. The van der Waals surface area contributed by atoms with Crippen LogP contribution in [0.15, 0.2) is 85.2 Å². The number of likely N-dealkylation sites (tertiary alicyclic amines) is 1. The topological polar surface area (TPSA) is 33.2 Å². The monoisotopic (exact) mass is 356 g/mol. The Balaban J connectivity index is 1.72. The summed E-state index contributed by atoms with van der Waals surface area (Å²) in [5, 5.41) is 0. The third-order valence-electron chi connectivity index (χ3n) is 5.37. The number of pyridine rings is 1. The maximum absolute atomic E-state index is 13.8. The zero-order valence-electron chi connectivity index (χ0n) is 15.4. The molecule has 136 valence electrons. The first-order chi connectivity index (χ1) is 13.3. The van der Waals surface area contributed by atoms with Crippen LogP contribution < -0.4 is 0 Å². The Bertz CT molecular complexity index is 825. The molecule has 0 unspecified atom stereocenters. The van der Waals surface area contributed by atoms with Gasteiger partial charge in [-0.2, -0.15) is 0 Å². The molecule has 1 fully saturated rings. The van der Waals surface area contributed by atoms with Crippen molar-refractivity contribution in [3.63, 3.8) is 0 Å². The van der Waals surface area contributed by atoms with Crippen molar-refractivity contribution in [1.82, 2.24) is 9.88 Å². The Morgan fingerprint density at radius 2 is 1.56 bits per heavy atom. The molecule has 4 rings (SSSR count). The highest BCUT2D eigenvalue weighted by Gasteiger charge is 2.34. The zero-order chi connectivity index (χ0) is 18.5. The van der Waals surface area contributed by atoms with Gasteiger partial charge in [0, 0.05) is 18.9 Å². The molecule has 0 saturated carbocycles. The average molecular weight is 356 g/mol. The van der Waals surface area contributed by atoms with Gasteiger partial charge in [-0.25, -0.2) is 0 Å². The minimum Gasteiger partial charge on any atom is -0.335 e. The molecule has 2 heterocycles. The molecule has 0 aliphatic carbocycles. The van der Waals surface area contributed by atoms with Crippen LogP contribution in [0.1, 0.15) is 47.9 Å². The van der Waals surface area contributed by atoms with E-state index in [0.717, 1.165) is 42.5 Å². The van der Waals surface area contributed by atoms with Gasteiger partial charge in [0.2, 0.25) is 5.91 Å². The van der Waals surface area contributed by atoms with Crippen LogP contribution in [0.3, 0.4) is 0 Å².